The lowest BCUT2D eigenvalue weighted by molar-refractivity contribution is 0.287. The number of nitrogens with one attached hydrogen (secondary N) is 2. The van der Waals surface area contributed by atoms with Crippen LogP contribution in [0, 0.1) is 0 Å². The highest BCUT2D eigenvalue weighted by Gasteiger charge is 2.09. The van der Waals surface area contributed by atoms with Crippen molar-refractivity contribution in [3.05, 3.63) is 18.2 Å². The summed E-state index contributed by atoms with van der Waals surface area (Å²) in [5, 5.41) is 8.51. The molecule has 0 unspecified atom stereocenters. The second-order valence-corrected chi connectivity index (χ2v) is 5.07. The van der Waals surface area contributed by atoms with Gasteiger partial charge in [0.1, 0.15) is 0 Å². The predicted molar refractivity (Wildman–Crippen MR) is 55.5 cm³/mol. The van der Waals surface area contributed by atoms with Crippen LogP contribution >= 0.6 is 0 Å². The van der Waals surface area contributed by atoms with E-state index < -0.39 is 10.0 Å². The van der Waals surface area contributed by atoms with Crippen molar-refractivity contribution >= 4 is 10.0 Å². The molecular weight excluding hydrogens is 218 g/mol. The molecule has 0 aliphatic carbocycles. The van der Waals surface area contributed by atoms with Gasteiger partial charge >= 0.3 is 0 Å². The van der Waals surface area contributed by atoms with Crippen molar-refractivity contribution in [3.63, 3.8) is 0 Å². The summed E-state index contributed by atoms with van der Waals surface area (Å²) >= 11 is 0. The lowest BCUT2D eigenvalue weighted by atomic mass is 10.4. The molecule has 1 rings (SSSR count). The van der Waals surface area contributed by atoms with Gasteiger partial charge < -0.3 is 10.1 Å². The Balaban J connectivity index is 2.30. The number of H-pyrrole nitrogens is 1. The number of imidazole rings is 1. The Morgan fingerprint density at radius 2 is 2.27 bits per heavy atom. The molecule has 0 bridgehead atoms. The van der Waals surface area contributed by atoms with E-state index in [2.05, 4.69) is 14.7 Å². The average Bonchev–Trinajstić information content (AvgIpc) is 2.68. The third kappa shape index (κ3) is 4.91. The van der Waals surface area contributed by atoms with Gasteiger partial charge in [0.25, 0.3) is 0 Å². The first kappa shape index (κ1) is 12.2. The Morgan fingerprint density at radius 3 is 2.87 bits per heavy atom. The highest BCUT2D eigenvalue weighted by Crippen LogP contribution is 1.96. The van der Waals surface area contributed by atoms with Crippen LogP contribution in [0.5, 0.6) is 0 Å². The van der Waals surface area contributed by atoms with E-state index in [1.54, 1.807) is 6.20 Å². The molecule has 0 aliphatic rings. The first-order valence-corrected chi connectivity index (χ1v) is 6.35. The molecule has 15 heavy (non-hydrogen) atoms. The molecule has 1 heterocycles. The lowest BCUT2D eigenvalue weighted by Gasteiger charge is -2.04. The first-order valence-electron chi connectivity index (χ1n) is 4.69. The minimum Gasteiger partial charge on any atom is -0.396 e. The van der Waals surface area contributed by atoms with E-state index in [4.69, 9.17) is 5.11 Å². The molecule has 0 spiro atoms. The van der Waals surface area contributed by atoms with E-state index >= 15 is 0 Å². The number of sulfonamides is 1. The second-order valence-electron chi connectivity index (χ2n) is 3.15. The molecule has 6 nitrogen and oxygen atoms in total. The Morgan fingerprint density at radius 1 is 1.47 bits per heavy atom. The standard InChI is InChI=1S/C8H15N3O3S/c12-3-1-2-4-15(13,14)11-6-8-5-9-7-10-8/h5,7,11-12H,1-4,6H2,(H,9,10). The summed E-state index contributed by atoms with van der Waals surface area (Å²) in [5.41, 5.74) is 0.723. The molecule has 0 saturated carbocycles. The normalized spacial score (nSPS) is 11.8. The smallest absolute Gasteiger partial charge is 0.211 e. The van der Waals surface area contributed by atoms with Crippen LogP contribution in [0.4, 0.5) is 0 Å². The molecule has 0 fully saturated rings. The summed E-state index contributed by atoms with van der Waals surface area (Å²) in [4.78, 5) is 6.57. The van der Waals surface area contributed by atoms with Crippen LogP contribution in [0.2, 0.25) is 0 Å². The molecule has 3 N–H and O–H groups in total. The van der Waals surface area contributed by atoms with Gasteiger partial charge in [-0.25, -0.2) is 18.1 Å². The fraction of sp³-hybridized carbons (Fsp3) is 0.625. The van der Waals surface area contributed by atoms with Gasteiger partial charge in [-0.1, -0.05) is 0 Å². The van der Waals surface area contributed by atoms with Crippen LogP contribution in [0.25, 0.3) is 0 Å². The van der Waals surface area contributed by atoms with Crippen molar-refractivity contribution < 1.29 is 13.5 Å². The van der Waals surface area contributed by atoms with E-state index in [0.29, 0.717) is 12.8 Å². The van der Waals surface area contributed by atoms with Crippen molar-refractivity contribution in [1.82, 2.24) is 14.7 Å². The Kier molecular flexibility index (Phi) is 4.73. The molecule has 0 aromatic carbocycles. The van der Waals surface area contributed by atoms with Crippen LogP contribution < -0.4 is 4.72 Å². The third-order valence-electron chi connectivity index (χ3n) is 1.86. The summed E-state index contributed by atoms with van der Waals surface area (Å²) in [7, 11) is -3.24. The zero-order valence-electron chi connectivity index (χ0n) is 8.31. The number of rotatable bonds is 7. The van der Waals surface area contributed by atoms with Crippen LogP contribution in [0.1, 0.15) is 18.5 Å². The van der Waals surface area contributed by atoms with Gasteiger partial charge in [-0.15, -0.1) is 0 Å². The molecule has 0 aliphatic heterocycles. The highest BCUT2D eigenvalue weighted by atomic mass is 32.2. The topological polar surface area (TPSA) is 95.1 Å². The Labute approximate surface area is 88.8 Å². The van der Waals surface area contributed by atoms with Gasteiger partial charge in [0.15, 0.2) is 0 Å². The number of aliphatic hydroxyl groups is 1. The quantitative estimate of drug-likeness (QED) is 0.558. The van der Waals surface area contributed by atoms with Crippen LogP contribution in [0.15, 0.2) is 12.5 Å². The summed E-state index contributed by atoms with van der Waals surface area (Å²) < 4.78 is 25.2. The Hall–Kier alpha value is -0.920. The monoisotopic (exact) mass is 233 g/mol. The van der Waals surface area contributed by atoms with Gasteiger partial charge in [0, 0.05) is 18.5 Å². The molecule has 0 radical (unpaired) electrons. The molecule has 1 aromatic heterocycles. The van der Waals surface area contributed by atoms with E-state index in [0.717, 1.165) is 5.69 Å². The van der Waals surface area contributed by atoms with E-state index in [1.165, 1.54) is 6.33 Å². The van der Waals surface area contributed by atoms with Gasteiger partial charge in [-0.05, 0) is 12.8 Å². The fourth-order valence-corrected chi connectivity index (χ4v) is 2.15. The molecule has 0 atom stereocenters. The van der Waals surface area contributed by atoms with Gasteiger partial charge in [-0.3, -0.25) is 0 Å². The first-order chi connectivity index (χ1) is 7.14. The average molecular weight is 233 g/mol. The van der Waals surface area contributed by atoms with Crippen molar-refractivity contribution in [1.29, 1.82) is 0 Å². The zero-order chi connectivity index (χ0) is 11.1. The highest BCUT2D eigenvalue weighted by molar-refractivity contribution is 7.89. The summed E-state index contributed by atoms with van der Waals surface area (Å²) in [6, 6.07) is 0. The van der Waals surface area contributed by atoms with Crippen LogP contribution in [-0.2, 0) is 16.6 Å². The zero-order valence-corrected chi connectivity index (χ0v) is 9.13. The van der Waals surface area contributed by atoms with Crippen molar-refractivity contribution in [2.75, 3.05) is 12.4 Å². The molecule has 0 amide bonds. The van der Waals surface area contributed by atoms with Gasteiger partial charge in [0.05, 0.1) is 18.6 Å². The second kappa shape index (κ2) is 5.84. The molecule has 0 saturated heterocycles. The molecule has 7 heteroatoms. The number of nitrogens with zero attached hydrogens (tertiary/aromatic N) is 1. The Bertz CT molecular complexity index is 360. The molecule has 1 aromatic rings. The van der Waals surface area contributed by atoms with E-state index in [9.17, 15) is 8.42 Å². The molecule has 86 valence electrons. The van der Waals surface area contributed by atoms with Gasteiger partial charge in [-0.2, -0.15) is 0 Å². The summed E-state index contributed by atoms with van der Waals surface area (Å²) in [6.45, 7) is 0.248. The fourth-order valence-electron chi connectivity index (χ4n) is 1.05. The van der Waals surface area contributed by atoms with Gasteiger partial charge in [0.2, 0.25) is 10.0 Å². The number of aliphatic hydroxyl groups excluding tert-OH is 1. The van der Waals surface area contributed by atoms with Crippen LogP contribution in [-0.4, -0.2) is 35.9 Å². The van der Waals surface area contributed by atoms with Crippen LogP contribution in [0.3, 0.4) is 0 Å². The van der Waals surface area contributed by atoms with Crippen molar-refractivity contribution in [2.24, 2.45) is 0 Å². The summed E-state index contributed by atoms with van der Waals surface area (Å²) in [5.74, 6) is 0.0434. The van der Waals surface area contributed by atoms with E-state index in [1.807, 2.05) is 0 Å². The maximum absolute atomic E-state index is 11.4. The number of hydrogen-bond donors (Lipinski definition) is 3. The number of aromatic nitrogens is 2. The third-order valence-corrected chi connectivity index (χ3v) is 3.27. The molecular formula is C8H15N3O3S. The largest absolute Gasteiger partial charge is 0.396 e. The SMILES string of the molecule is O=S(=O)(CCCCO)NCc1cnc[nH]1. The van der Waals surface area contributed by atoms with Crippen molar-refractivity contribution in [3.8, 4) is 0 Å². The van der Waals surface area contributed by atoms with Crippen molar-refractivity contribution in [2.45, 2.75) is 19.4 Å². The number of aromatic amines is 1. The lowest BCUT2D eigenvalue weighted by Crippen LogP contribution is -2.26. The minimum atomic E-state index is -3.24. The maximum Gasteiger partial charge on any atom is 0.211 e. The summed E-state index contributed by atoms with van der Waals surface area (Å²) in [6.07, 6.45) is 4.03. The van der Waals surface area contributed by atoms with E-state index in [-0.39, 0.29) is 18.9 Å². The minimum absolute atomic E-state index is 0.0239. The maximum atomic E-state index is 11.4. The predicted octanol–water partition coefficient (Wildman–Crippen LogP) is -0.398. The number of hydrogen-bond acceptors (Lipinski definition) is 4. The number of unbranched alkanes of at least 4 members (excludes halogenated alkanes) is 1.